The molecule has 0 bridgehead atoms. The molecule has 0 spiro atoms. The summed E-state index contributed by atoms with van der Waals surface area (Å²) in [4.78, 5) is 13.0. The zero-order valence-corrected chi connectivity index (χ0v) is 13.7. The van der Waals surface area contributed by atoms with Crippen LogP contribution in [0.25, 0.3) is 0 Å². The van der Waals surface area contributed by atoms with E-state index in [-0.39, 0.29) is 12.5 Å². The van der Waals surface area contributed by atoms with Gasteiger partial charge in [0.1, 0.15) is 5.15 Å². The Kier molecular flexibility index (Phi) is 5.27. The molecule has 0 aliphatic carbocycles. The van der Waals surface area contributed by atoms with Gasteiger partial charge in [-0.1, -0.05) is 25.4 Å². The van der Waals surface area contributed by atoms with Crippen LogP contribution in [0.3, 0.4) is 0 Å². The Morgan fingerprint density at radius 2 is 2.24 bits per heavy atom. The van der Waals surface area contributed by atoms with Crippen molar-refractivity contribution in [1.29, 1.82) is 0 Å². The number of aromatic nitrogens is 2. The Morgan fingerprint density at radius 3 is 2.86 bits per heavy atom. The van der Waals surface area contributed by atoms with Crippen LogP contribution in [-0.4, -0.2) is 38.8 Å². The van der Waals surface area contributed by atoms with E-state index in [9.17, 15) is 4.79 Å². The molecular weight excluding hydrogens is 290 g/mol. The Bertz CT molecular complexity index is 513. The Labute approximate surface area is 130 Å². The van der Waals surface area contributed by atoms with Crippen molar-refractivity contribution in [3.8, 4) is 0 Å². The SMILES string of the molecule is Cc1nn(CC(C)C)c(Cl)c1[C@H]1CCCN1CCC(=O)O. The molecule has 21 heavy (non-hydrogen) atoms. The molecule has 1 aromatic heterocycles. The van der Waals surface area contributed by atoms with E-state index < -0.39 is 5.97 Å². The van der Waals surface area contributed by atoms with Crippen LogP contribution < -0.4 is 0 Å². The molecule has 0 amide bonds. The number of carboxylic acid groups (broad SMARTS) is 1. The van der Waals surface area contributed by atoms with E-state index in [0.717, 1.165) is 37.2 Å². The third kappa shape index (κ3) is 3.77. The highest BCUT2D eigenvalue weighted by Gasteiger charge is 2.31. The van der Waals surface area contributed by atoms with Gasteiger partial charge < -0.3 is 5.11 Å². The first-order valence-corrected chi connectivity index (χ1v) is 7.96. The summed E-state index contributed by atoms with van der Waals surface area (Å²) in [6, 6.07) is 0.206. The number of carboxylic acids is 1. The molecule has 1 atom stereocenters. The van der Waals surface area contributed by atoms with Crippen molar-refractivity contribution in [1.82, 2.24) is 14.7 Å². The van der Waals surface area contributed by atoms with Crippen LogP contribution in [-0.2, 0) is 11.3 Å². The predicted octanol–water partition coefficient (Wildman–Crippen LogP) is 3.11. The minimum atomic E-state index is -0.751. The largest absolute Gasteiger partial charge is 0.481 e. The lowest BCUT2D eigenvalue weighted by molar-refractivity contribution is -0.137. The number of carbonyl (C=O) groups is 1. The lowest BCUT2D eigenvalue weighted by atomic mass is 10.1. The topological polar surface area (TPSA) is 58.4 Å². The summed E-state index contributed by atoms with van der Waals surface area (Å²) >= 11 is 6.54. The van der Waals surface area contributed by atoms with E-state index in [1.54, 1.807) is 0 Å². The zero-order valence-electron chi connectivity index (χ0n) is 13.0. The van der Waals surface area contributed by atoms with Crippen molar-refractivity contribution in [2.24, 2.45) is 5.92 Å². The summed E-state index contributed by atoms with van der Waals surface area (Å²) in [5.74, 6) is -0.264. The lowest BCUT2D eigenvalue weighted by Gasteiger charge is -2.24. The van der Waals surface area contributed by atoms with Gasteiger partial charge in [0.05, 0.1) is 12.1 Å². The molecule has 1 aromatic rings. The van der Waals surface area contributed by atoms with E-state index in [1.807, 2.05) is 11.6 Å². The fourth-order valence-corrected chi connectivity index (χ4v) is 3.44. The van der Waals surface area contributed by atoms with E-state index in [4.69, 9.17) is 16.7 Å². The molecule has 2 heterocycles. The maximum absolute atomic E-state index is 10.8. The Balaban J connectivity index is 2.19. The van der Waals surface area contributed by atoms with E-state index in [2.05, 4.69) is 23.8 Å². The summed E-state index contributed by atoms with van der Waals surface area (Å²) in [5.41, 5.74) is 2.05. The molecule has 1 saturated heterocycles. The van der Waals surface area contributed by atoms with Crippen molar-refractivity contribution in [3.63, 3.8) is 0 Å². The fourth-order valence-electron chi connectivity index (χ4n) is 3.07. The molecule has 118 valence electrons. The molecule has 0 radical (unpaired) electrons. The van der Waals surface area contributed by atoms with Crippen LogP contribution in [0.5, 0.6) is 0 Å². The molecule has 1 fully saturated rings. The number of hydrogen-bond donors (Lipinski definition) is 1. The number of hydrogen-bond acceptors (Lipinski definition) is 3. The predicted molar refractivity (Wildman–Crippen MR) is 82.6 cm³/mol. The van der Waals surface area contributed by atoms with Crippen molar-refractivity contribution in [3.05, 3.63) is 16.4 Å². The molecule has 2 rings (SSSR count). The number of nitrogens with zero attached hydrogens (tertiary/aromatic N) is 3. The van der Waals surface area contributed by atoms with Gasteiger partial charge in [0, 0.05) is 24.7 Å². The number of aliphatic carboxylic acids is 1. The van der Waals surface area contributed by atoms with Gasteiger partial charge >= 0.3 is 5.97 Å². The zero-order chi connectivity index (χ0) is 15.6. The molecule has 1 aliphatic rings. The highest BCUT2D eigenvalue weighted by molar-refractivity contribution is 6.30. The number of likely N-dealkylation sites (tertiary alicyclic amines) is 1. The van der Waals surface area contributed by atoms with Gasteiger partial charge in [0.25, 0.3) is 0 Å². The third-order valence-corrected chi connectivity index (χ3v) is 4.36. The molecule has 5 nitrogen and oxygen atoms in total. The maximum atomic E-state index is 10.8. The number of rotatable bonds is 6. The molecule has 0 aromatic carbocycles. The molecular formula is C15H24ClN3O2. The van der Waals surface area contributed by atoms with Crippen LogP contribution in [0.4, 0.5) is 0 Å². The van der Waals surface area contributed by atoms with E-state index in [0.29, 0.717) is 17.6 Å². The fraction of sp³-hybridized carbons (Fsp3) is 0.733. The summed E-state index contributed by atoms with van der Waals surface area (Å²) < 4.78 is 1.88. The standard InChI is InChI=1S/C15H24ClN3O2/c1-10(2)9-19-15(16)14(11(3)17-19)12-5-4-7-18(12)8-6-13(20)21/h10,12H,4-9H2,1-3H3,(H,20,21)/t12-/m1/s1. The van der Waals surface area contributed by atoms with Crippen molar-refractivity contribution >= 4 is 17.6 Å². The molecule has 0 unspecified atom stereocenters. The van der Waals surface area contributed by atoms with Crippen LogP contribution in [0, 0.1) is 12.8 Å². The normalized spacial score (nSPS) is 19.6. The van der Waals surface area contributed by atoms with Crippen LogP contribution in [0.2, 0.25) is 5.15 Å². The molecule has 0 saturated carbocycles. The van der Waals surface area contributed by atoms with Crippen LogP contribution in [0.1, 0.15) is 50.4 Å². The van der Waals surface area contributed by atoms with Crippen LogP contribution >= 0.6 is 11.6 Å². The average molecular weight is 314 g/mol. The summed E-state index contributed by atoms with van der Waals surface area (Å²) in [6.45, 7) is 8.59. The van der Waals surface area contributed by atoms with Crippen molar-refractivity contribution < 1.29 is 9.90 Å². The van der Waals surface area contributed by atoms with Gasteiger partial charge in [0.2, 0.25) is 0 Å². The Morgan fingerprint density at radius 1 is 1.52 bits per heavy atom. The number of aryl methyl sites for hydroxylation is 1. The summed E-state index contributed by atoms with van der Waals surface area (Å²) in [5, 5.41) is 14.2. The minimum Gasteiger partial charge on any atom is -0.481 e. The monoisotopic (exact) mass is 313 g/mol. The van der Waals surface area contributed by atoms with Crippen molar-refractivity contribution in [2.75, 3.05) is 13.1 Å². The van der Waals surface area contributed by atoms with Gasteiger partial charge in [-0.25, -0.2) is 0 Å². The minimum absolute atomic E-state index is 0.174. The van der Waals surface area contributed by atoms with Gasteiger partial charge in [-0.15, -0.1) is 0 Å². The number of halogens is 1. The first-order valence-electron chi connectivity index (χ1n) is 7.58. The third-order valence-electron chi connectivity index (χ3n) is 3.96. The second-order valence-electron chi connectivity index (χ2n) is 6.20. The van der Waals surface area contributed by atoms with E-state index in [1.165, 1.54) is 0 Å². The van der Waals surface area contributed by atoms with Crippen LogP contribution in [0.15, 0.2) is 0 Å². The highest BCUT2D eigenvalue weighted by atomic mass is 35.5. The second-order valence-corrected chi connectivity index (χ2v) is 6.56. The highest BCUT2D eigenvalue weighted by Crippen LogP contribution is 2.37. The second kappa shape index (κ2) is 6.79. The Hall–Kier alpha value is -1.07. The van der Waals surface area contributed by atoms with Gasteiger partial charge in [-0.3, -0.25) is 14.4 Å². The molecule has 1 N–H and O–H groups in total. The summed E-state index contributed by atoms with van der Waals surface area (Å²) in [6.07, 6.45) is 2.27. The summed E-state index contributed by atoms with van der Waals surface area (Å²) in [7, 11) is 0. The first-order chi connectivity index (χ1) is 9.90. The average Bonchev–Trinajstić information content (AvgIpc) is 2.92. The molecule has 1 aliphatic heterocycles. The lowest BCUT2D eigenvalue weighted by Crippen LogP contribution is -2.26. The molecule has 6 heteroatoms. The quantitative estimate of drug-likeness (QED) is 0.876. The van der Waals surface area contributed by atoms with Gasteiger partial charge in [0.15, 0.2) is 0 Å². The first kappa shape index (κ1) is 16.3. The van der Waals surface area contributed by atoms with Gasteiger partial charge in [-0.2, -0.15) is 5.10 Å². The smallest absolute Gasteiger partial charge is 0.304 e. The van der Waals surface area contributed by atoms with Gasteiger partial charge in [-0.05, 0) is 32.2 Å². The van der Waals surface area contributed by atoms with E-state index >= 15 is 0 Å². The maximum Gasteiger partial charge on any atom is 0.304 e. The van der Waals surface area contributed by atoms with Crippen molar-refractivity contribution in [2.45, 2.75) is 52.6 Å².